The van der Waals surface area contributed by atoms with Crippen molar-refractivity contribution < 1.29 is 19.8 Å². The minimum absolute atomic E-state index is 0.236. The van der Waals surface area contributed by atoms with Gasteiger partial charge in [-0.1, -0.05) is 0 Å². The third kappa shape index (κ3) is 3.39. The zero-order chi connectivity index (χ0) is 15.5. The molecule has 0 aliphatic heterocycles. The van der Waals surface area contributed by atoms with Gasteiger partial charge in [0.15, 0.2) is 11.4 Å². The first-order chi connectivity index (χ1) is 9.90. The fourth-order valence-corrected chi connectivity index (χ4v) is 1.41. The lowest BCUT2D eigenvalue weighted by Gasteiger charge is -2.18. The molecule has 0 bridgehead atoms. The van der Waals surface area contributed by atoms with Gasteiger partial charge < -0.3 is 15.5 Å². The Kier molecular flexibility index (Phi) is 3.94. The molecule has 110 valence electrons. The number of carbonyl (C=O) groups excluding carboxylic acids is 1. The van der Waals surface area contributed by atoms with Crippen LogP contribution in [-0.4, -0.2) is 54.0 Å². The highest BCUT2D eigenvalue weighted by atomic mass is 16.4. The van der Waals surface area contributed by atoms with Crippen molar-refractivity contribution in [1.82, 2.24) is 25.1 Å². The van der Waals surface area contributed by atoms with Crippen LogP contribution in [0.3, 0.4) is 0 Å². The minimum Gasteiger partial charge on any atom is -0.479 e. The number of carboxylic acids is 1. The SMILES string of the molecule is CC(O)(CNC(=O)c1ccc(-n2cncn2)nc1)C(=O)O. The largest absolute Gasteiger partial charge is 0.479 e. The Morgan fingerprint density at radius 2 is 2.19 bits per heavy atom. The number of aliphatic carboxylic acids is 1. The van der Waals surface area contributed by atoms with Gasteiger partial charge in [-0.15, -0.1) is 0 Å². The van der Waals surface area contributed by atoms with Gasteiger partial charge in [-0.25, -0.2) is 19.4 Å². The Morgan fingerprint density at radius 3 is 2.71 bits per heavy atom. The first-order valence-corrected chi connectivity index (χ1v) is 5.95. The molecule has 0 fully saturated rings. The second-order valence-electron chi connectivity index (χ2n) is 4.51. The number of rotatable bonds is 5. The second kappa shape index (κ2) is 5.67. The van der Waals surface area contributed by atoms with Gasteiger partial charge in [0.1, 0.15) is 12.7 Å². The molecule has 0 aromatic carbocycles. The van der Waals surface area contributed by atoms with Crippen molar-refractivity contribution in [2.45, 2.75) is 12.5 Å². The first-order valence-electron chi connectivity index (χ1n) is 5.95. The summed E-state index contributed by atoms with van der Waals surface area (Å²) in [5.74, 6) is -1.46. The van der Waals surface area contributed by atoms with Crippen LogP contribution in [0, 0.1) is 0 Å². The Hall–Kier alpha value is -2.81. The summed E-state index contributed by atoms with van der Waals surface area (Å²) in [5.41, 5.74) is -1.79. The average Bonchev–Trinajstić information content (AvgIpc) is 2.99. The third-order valence-electron chi connectivity index (χ3n) is 2.72. The smallest absolute Gasteiger partial charge is 0.337 e. The van der Waals surface area contributed by atoms with Gasteiger partial charge in [0.2, 0.25) is 0 Å². The molecule has 9 nitrogen and oxygen atoms in total. The fourth-order valence-electron chi connectivity index (χ4n) is 1.41. The van der Waals surface area contributed by atoms with Gasteiger partial charge in [-0.2, -0.15) is 5.10 Å². The van der Waals surface area contributed by atoms with E-state index in [4.69, 9.17) is 5.11 Å². The molecular formula is C12H13N5O4. The van der Waals surface area contributed by atoms with Crippen LogP contribution in [0.15, 0.2) is 31.0 Å². The normalized spacial score (nSPS) is 13.4. The highest BCUT2D eigenvalue weighted by Crippen LogP contribution is 2.05. The molecule has 2 heterocycles. The molecule has 1 unspecified atom stereocenters. The summed E-state index contributed by atoms with van der Waals surface area (Å²) in [6.07, 6.45) is 4.14. The number of carboxylic acid groups (broad SMARTS) is 1. The van der Waals surface area contributed by atoms with Crippen LogP contribution >= 0.6 is 0 Å². The molecule has 3 N–H and O–H groups in total. The number of nitrogens with zero attached hydrogens (tertiary/aromatic N) is 4. The Morgan fingerprint density at radius 1 is 1.43 bits per heavy atom. The third-order valence-corrected chi connectivity index (χ3v) is 2.72. The summed E-state index contributed by atoms with van der Waals surface area (Å²) >= 11 is 0. The number of nitrogens with one attached hydrogen (secondary N) is 1. The predicted molar refractivity (Wildman–Crippen MR) is 69.7 cm³/mol. The summed E-state index contributed by atoms with van der Waals surface area (Å²) < 4.78 is 1.43. The molecule has 2 aromatic rings. The molecule has 1 atom stereocenters. The highest BCUT2D eigenvalue weighted by molar-refractivity contribution is 5.94. The van der Waals surface area contributed by atoms with Gasteiger partial charge in [-0.3, -0.25) is 4.79 Å². The zero-order valence-electron chi connectivity index (χ0n) is 11.1. The van der Waals surface area contributed by atoms with Crippen molar-refractivity contribution in [3.05, 3.63) is 36.5 Å². The quantitative estimate of drug-likeness (QED) is 0.659. The molecule has 9 heteroatoms. The van der Waals surface area contributed by atoms with E-state index in [1.54, 1.807) is 6.07 Å². The van der Waals surface area contributed by atoms with E-state index in [1.807, 2.05) is 0 Å². The van der Waals surface area contributed by atoms with Crippen LogP contribution in [-0.2, 0) is 4.79 Å². The number of carbonyl (C=O) groups is 2. The van der Waals surface area contributed by atoms with E-state index >= 15 is 0 Å². The van der Waals surface area contributed by atoms with Gasteiger partial charge in [0.05, 0.1) is 12.1 Å². The van der Waals surface area contributed by atoms with Crippen molar-refractivity contribution in [1.29, 1.82) is 0 Å². The van der Waals surface area contributed by atoms with Crippen LogP contribution in [0.5, 0.6) is 0 Å². The molecule has 0 saturated carbocycles. The molecular weight excluding hydrogens is 278 g/mol. The Bertz CT molecular complexity index is 636. The van der Waals surface area contributed by atoms with Gasteiger partial charge >= 0.3 is 5.97 Å². The van der Waals surface area contributed by atoms with Crippen LogP contribution in [0.2, 0.25) is 0 Å². The standard InChI is InChI=1S/C12H13N5O4/c1-12(21,11(19)20)5-15-10(18)8-2-3-9(14-4-8)17-7-13-6-16-17/h2-4,6-7,21H,5H2,1H3,(H,15,18)(H,19,20). The van der Waals surface area contributed by atoms with Crippen LogP contribution < -0.4 is 5.32 Å². The number of hydrogen-bond acceptors (Lipinski definition) is 6. The number of aromatic nitrogens is 4. The highest BCUT2D eigenvalue weighted by Gasteiger charge is 2.30. The molecule has 0 saturated heterocycles. The molecule has 0 radical (unpaired) electrons. The van der Waals surface area contributed by atoms with Crippen molar-refractivity contribution in [2.24, 2.45) is 0 Å². The lowest BCUT2D eigenvalue weighted by molar-refractivity contribution is -0.155. The second-order valence-corrected chi connectivity index (χ2v) is 4.51. The molecule has 0 aliphatic rings. The van der Waals surface area contributed by atoms with E-state index in [-0.39, 0.29) is 5.56 Å². The Labute approximate surface area is 119 Å². The van der Waals surface area contributed by atoms with Crippen LogP contribution in [0.25, 0.3) is 5.82 Å². The van der Waals surface area contributed by atoms with E-state index < -0.39 is 24.0 Å². The van der Waals surface area contributed by atoms with Gasteiger partial charge in [-0.05, 0) is 19.1 Å². The molecule has 1 amide bonds. The topological polar surface area (TPSA) is 130 Å². The number of aliphatic hydroxyl groups is 1. The predicted octanol–water partition coefficient (Wildman–Crippen LogP) is -0.772. The molecule has 2 aromatic heterocycles. The maximum Gasteiger partial charge on any atom is 0.337 e. The van der Waals surface area contributed by atoms with E-state index in [1.165, 1.54) is 29.6 Å². The van der Waals surface area contributed by atoms with Gasteiger partial charge in [0.25, 0.3) is 5.91 Å². The lowest BCUT2D eigenvalue weighted by atomic mass is 10.1. The molecule has 0 aliphatic carbocycles. The number of amides is 1. The van der Waals surface area contributed by atoms with Crippen LogP contribution in [0.4, 0.5) is 0 Å². The molecule has 21 heavy (non-hydrogen) atoms. The lowest BCUT2D eigenvalue weighted by Crippen LogP contribution is -2.46. The monoisotopic (exact) mass is 291 g/mol. The maximum atomic E-state index is 11.8. The van der Waals surface area contributed by atoms with Crippen molar-refractivity contribution in [3.63, 3.8) is 0 Å². The van der Waals surface area contributed by atoms with Crippen molar-refractivity contribution in [2.75, 3.05) is 6.54 Å². The van der Waals surface area contributed by atoms with E-state index in [9.17, 15) is 14.7 Å². The molecule has 0 spiro atoms. The zero-order valence-corrected chi connectivity index (χ0v) is 11.1. The molecule has 2 rings (SSSR count). The van der Waals surface area contributed by atoms with Crippen molar-refractivity contribution >= 4 is 11.9 Å². The van der Waals surface area contributed by atoms with E-state index in [0.717, 1.165) is 6.92 Å². The average molecular weight is 291 g/mol. The summed E-state index contributed by atoms with van der Waals surface area (Å²) in [6.45, 7) is 0.688. The van der Waals surface area contributed by atoms with Gasteiger partial charge in [0, 0.05) is 6.20 Å². The summed E-state index contributed by atoms with van der Waals surface area (Å²) in [4.78, 5) is 30.4. The van der Waals surface area contributed by atoms with E-state index in [2.05, 4.69) is 20.4 Å². The van der Waals surface area contributed by atoms with E-state index in [0.29, 0.717) is 5.82 Å². The fraction of sp³-hybridized carbons (Fsp3) is 0.250. The van der Waals surface area contributed by atoms with Crippen LogP contribution in [0.1, 0.15) is 17.3 Å². The van der Waals surface area contributed by atoms with Crippen molar-refractivity contribution in [3.8, 4) is 5.82 Å². The summed E-state index contributed by atoms with van der Waals surface area (Å²) in [7, 11) is 0. The number of hydrogen-bond donors (Lipinski definition) is 3. The summed E-state index contributed by atoms with van der Waals surface area (Å²) in [5, 5.41) is 24.5. The summed E-state index contributed by atoms with van der Waals surface area (Å²) in [6, 6.07) is 3.08. The Balaban J connectivity index is 2.02. The first kappa shape index (κ1) is 14.6. The minimum atomic E-state index is -2.02. The maximum absolute atomic E-state index is 11.8. The number of pyridine rings is 1.